The molecule has 0 aromatic heterocycles. The fraction of sp³-hybridized carbons (Fsp3) is 0.579. The lowest BCUT2D eigenvalue weighted by Gasteiger charge is -2.20. The van der Waals surface area contributed by atoms with Crippen molar-refractivity contribution in [3.63, 3.8) is 0 Å². The number of rotatable bonds is 7. The Bertz CT molecular complexity index is 559. The minimum absolute atomic E-state index is 0. The van der Waals surface area contributed by atoms with Gasteiger partial charge in [0.1, 0.15) is 0 Å². The molecule has 0 bridgehead atoms. The topological polar surface area (TPSA) is 65.5 Å². The molecule has 0 unspecified atom stereocenters. The molecule has 146 valence electrons. The maximum Gasteiger partial charge on any atom is 0.220 e. The van der Waals surface area contributed by atoms with Gasteiger partial charge >= 0.3 is 0 Å². The maximum atomic E-state index is 12.0. The molecule has 1 amide bonds. The second-order valence-electron chi connectivity index (χ2n) is 6.54. The summed E-state index contributed by atoms with van der Waals surface area (Å²) in [5.74, 6) is 1.46. The molecule has 1 aliphatic rings. The first-order valence-electron chi connectivity index (χ1n) is 9.13. The third-order valence-electron chi connectivity index (χ3n) is 4.54. The standard InChI is InChI=1S/C19H29ClN4O.HI/c1-21-19(24-14-16-7-9-17(20)10-8-16)23-12-11-22-18(25)13-15-5-3-2-4-6-15;/h7-10,15H,2-6,11-14H2,1H3,(H,22,25)(H2,21,23,24);1H. The first-order chi connectivity index (χ1) is 12.2. The average Bonchev–Trinajstić information content (AvgIpc) is 2.63. The minimum Gasteiger partial charge on any atom is -0.355 e. The first kappa shape index (κ1) is 23.0. The zero-order chi connectivity index (χ0) is 17.9. The van der Waals surface area contributed by atoms with Crippen molar-refractivity contribution in [3.8, 4) is 0 Å². The molecule has 0 atom stereocenters. The number of hydrogen-bond acceptors (Lipinski definition) is 2. The van der Waals surface area contributed by atoms with Crippen LogP contribution >= 0.6 is 35.6 Å². The highest BCUT2D eigenvalue weighted by atomic mass is 127. The Morgan fingerprint density at radius 2 is 1.73 bits per heavy atom. The van der Waals surface area contributed by atoms with Crippen LogP contribution in [0.25, 0.3) is 0 Å². The molecule has 0 saturated heterocycles. The van der Waals surface area contributed by atoms with E-state index in [1.807, 2.05) is 24.3 Å². The molecule has 0 radical (unpaired) electrons. The fourth-order valence-electron chi connectivity index (χ4n) is 3.12. The molecule has 26 heavy (non-hydrogen) atoms. The van der Waals surface area contributed by atoms with Gasteiger partial charge in [0.05, 0.1) is 0 Å². The van der Waals surface area contributed by atoms with Crippen LogP contribution in [0.1, 0.15) is 44.1 Å². The predicted octanol–water partition coefficient (Wildman–Crippen LogP) is 3.71. The van der Waals surface area contributed by atoms with Crippen molar-refractivity contribution in [2.24, 2.45) is 10.9 Å². The molecule has 0 heterocycles. The number of nitrogens with one attached hydrogen (secondary N) is 3. The summed E-state index contributed by atoms with van der Waals surface area (Å²) < 4.78 is 0. The summed E-state index contributed by atoms with van der Waals surface area (Å²) in [5, 5.41) is 10.2. The summed E-state index contributed by atoms with van der Waals surface area (Å²) in [6, 6.07) is 7.70. The van der Waals surface area contributed by atoms with Gasteiger partial charge in [-0.1, -0.05) is 43.0 Å². The lowest BCUT2D eigenvalue weighted by atomic mass is 9.87. The van der Waals surface area contributed by atoms with Gasteiger partial charge in [0, 0.05) is 38.1 Å². The van der Waals surface area contributed by atoms with Crippen LogP contribution in [-0.2, 0) is 11.3 Å². The molecule has 1 fully saturated rings. The van der Waals surface area contributed by atoms with Gasteiger partial charge in [0.25, 0.3) is 0 Å². The van der Waals surface area contributed by atoms with Crippen LogP contribution in [0.4, 0.5) is 0 Å². The number of nitrogens with zero attached hydrogens (tertiary/aromatic N) is 1. The van der Waals surface area contributed by atoms with Crippen molar-refractivity contribution in [3.05, 3.63) is 34.9 Å². The largest absolute Gasteiger partial charge is 0.355 e. The minimum atomic E-state index is 0. The molecule has 0 spiro atoms. The van der Waals surface area contributed by atoms with E-state index in [1.165, 1.54) is 32.1 Å². The fourth-order valence-corrected chi connectivity index (χ4v) is 3.24. The lowest BCUT2D eigenvalue weighted by Crippen LogP contribution is -2.41. The van der Waals surface area contributed by atoms with E-state index in [4.69, 9.17) is 11.6 Å². The summed E-state index contributed by atoms with van der Waals surface area (Å²) >= 11 is 5.88. The van der Waals surface area contributed by atoms with Crippen molar-refractivity contribution >= 4 is 47.4 Å². The second-order valence-corrected chi connectivity index (χ2v) is 6.97. The van der Waals surface area contributed by atoms with Gasteiger partial charge in [-0.2, -0.15) is 0 Å². The number of halogens is 2. The number of guanidine groups is 1. The van der Waals surface area contributed by atoms with Crippen LogP contribution in [-0.4, -0.2) is 32.0 Å². The van der Waals surface area contributed by atoms with Gasteiger partial charge in [-0.25, -0.2) is 0 Å². The highest BCUT2D eigenvalue weighted by molar-refractivity contribution is 14.0. The van der Waals surface area contributed by atoms with E-state index in [1.54, 1.807) is 7.05 Å². The zero-order valence-corrected chi connectivity index (χ0v) is 18.5. The molecule has 1 saturated carbocycles. The van der Waals surface area contributed by atoms with Crippen molar-refractivity contribution in [2.75, 3.05) is 20.1 Å². The van der Waals surface area contributed by atoms with Gasteiger partial charge < -0.3 is 16.0 Å². The van der Waals surface area contributed by atoms with E-state index < -0.39 is 0 Å². The maximum absolute atomic E-state index is 12.0. The number of hydrogen-bond donors (Lipinski definition) is 3. The number of carbonyl (C=O) groups is 1. The number of amides is 1. The molecule has 3 N–H and O–H groups in total. The number of benzene rings is 1. The van der Waals surface area contributed by atoms with Crippen LogP contribution in [0.5, 0.6) is 0 Å². The third kappa shape index (κ3) is 9.07. The molecule has 0 aliphatic heterocycles. The molecule has 7 heteroatoms. The summed E-state index contributed by atoms with van der Waals surface area (Å²) in [5.41, 5.74) is 1.13. The summed E-state index contributed by atoms with van der Waals surface area (Å²) in [6.45, 7) is 1.93. The van der Waals surface area contributed by atoms with Gasteiger partial charge in [0.15, 0.2) is 5.96 Å². The highest BCUT2D eigenvalue weighted by Gasteiger charge is 2.16. The van der Waals surface area contributed by atoms with E-state index in [9.17, 15) is 4.79 Å². The Balaban J connectivity index is 0.00000338. The van der Waals surface area contributed by atoms with Gasteiger partial charge in [-0.3, -0.25) is 9.79 Å². The monoisotopic (exact) mass is 492 g/mol. The van der Waals surface area contributed by atoms with E-state index in [0.29, 0.717) is 32.0 Å². The highest BCUT2D eigenvalue weighted by Crippen LogP contribution is 2.25. The molecular weight excluding hydrogens is 463 g/mol. The Hall–Kier alpha value is -1.02. The van der Waals surface area contributed by atoms with E-state index in [0.717, 1.165) is 16.5 Å². The van der Waals surface area contributed by atoms with Crippen LogP contribution in [0.3, 0.4) is 0 Å². The molecule has 5 nitrogen and oxygen atoms in total. The molecule has 1 aromatic rings. The summed E-state index contributed by atoms with van der Waals surface area (Å²) in [4.78, 5) is 16.2. The normalized spacial score (nSPS) is 15.1. The van der Waals surface area contributed by atoms with Crippen molar-refractivity contribution in [1.82, 2.24) is 16.0 Å². The van der Waals surface area contributed by atoms with Crippen molar-refractivity contribution in [2.45, 2.75) is 45.1 Å². The molecule has 2 rings (SSSR count). The van der Waals surface area contributed by atoms with Gasteiger partial charge in [-0.15, -0.1) is 24.0 Å². The quantitative estimate of drug-likeness (QED) is 0.235. The molecule has 1 aromatic carbocycles. The second kappa shape index (κ2) is 13.2. The number of carbonyl (C=O) groups excluding carboxylic acids is 1. The summed E-state index contributed by atoms with van der Waals surface area (Å²) in [6.07, 6.45) is 6.94. The SMILES string of the molecule is CN=C(NCCNC(=O)CC1CCCCC1)NCc1ccc(Cl)cc1.I. The average molecular weight is 493 g/mol. The van der Waals surface area contributed by atoms with Crippen LogP contribution in [0, 0.1) is 5.92 Å². The Labute approximate surface area is 178 Å². The predicted molar refractivity (Wildman–Crippen MR) is 119 cm³/mol. The van der Waals surface area contributed by atoms with E-state index in [2.05, 4.69) is 20.9 Å². The first-order valence-corrected chi connectivity index (χ1v) is 9.51. The summed E-state index contributed by atoms with van der Waals surface area (Å²) in [7, 11) is 1.73. The Kier molecular flexibility index (Phi) is 11.7. The van der Waals surface area contributed by atoms with Crippen LogP contribution < -0.4 is 16.0 Å². The van der Waals surface area contributed by atoms with Crippen molar-refractivity contribution in [1.29, 1.82) is 0 Å². The van der Waals surface area contributed by atoms with E-state index >= 15 is 0 Å². The van der Waals surface area contributed by atoms with Gasteiger partial charge in [0.2, 0.25) is 5.91 Å². The van der Waals surface area contributed by atoms with Crippen molar-refractivity contribution < 1.29 is 4.79 Å². The lowest BCUT2D eigenvalue weighted by molar-refractivity contribution is -0.122. The third-order valence-corrected chi connectivity index (χ3v) is 4.79. The smallest absolute Gasteiger partial charge is 0.220 e. The number of aliphatic imine (C=N–C) groups is 1. The Morgan fingerprint density at radius 3 is 2.38 bits per heavy atom. The van der Waals surface area contributed by atoms with Crippen LogP contribution in [0.2, 0.25) is 5.02 Å². The van der Waals surface area contributed by atoms with Crippen LogP contribution in [0.15, 0.2) is 29.3 Å². The molecular formula is C19H30ClIN4O. The molecule has 1 aliphatic carbocycles. The van der Waals surface area contributed by atoms with E-state index in [-0.39, 0.29) is 29.9 Å². The zero-order valence-electron chi connectivity index (χ0n) is 15.4. The van der Waals surface area contributed by atoms with Gasteiger partial charge in [-0.05, 0) is 36.5 Å². The Morgan fingerprint density at radius 1 is 1.08 bits per heavy atom.